The molecular formula is C16H23NO3. The van der Waals surface area contributed by atoms with Gasteiger partial charge in [0.25, 0.3) is 0 Å². The van der Waals surface area contributed by atoms with Crippen LogP contribution in [-0.2, 0) is 16.0 Å². The zero-order chi connectivity index (χ0) is 13.8. The molecule has 110 valence electrons. The lowest BCUT2D eigenvalue weighted by molar-refractivity contribution is -0.0555. The minimum Gasteiger partial charge on any atom is -0.468 e. The standard InChI is InChI=1S/C16H23NO3/c1-2-8-18-15-10-16(20-12-15)6-4-7-17(13-16)11-14-5-3-9-19-14/h2-3,5,9,15H,1,4,6-8,10-13H2/t15-,16+/m1/s1. The molecule has 0 bridgehead atoms. The smallest absolute Gasteiger partial charge is 0.117 e. The fourth-order valence-electron chi connectivity index (χ4n) is 3.35. The van der Waals surface area contributed by atoms with Gasteiger partial charge in [0, 0.05) is 13.0 Å². The lowest BCUT2D eigenvalue weighted by Crippen LogP contribution is -2.47. The van der Waals surface area contributed by atoms with Crippen LogP contribution < -0.4 is 0 Å². The third-order valence-corrected chi connectivity index (χ3v) is 4.20. The average molecular weight is 277 g/mol. The van der Waals surface area contributed by atoms with E-state index in [1.807, 2.05) is 12.1 Å². The van der Waals surface area contributed by atoms with Crippen LogP contribution in [0.3, 0.4) is 0 Å². The molecule has 0 N–H and O–H groups in total. The summed E-state index contributed by atoms with van der Waals surface area (Å²) in [7, 11) is 0. The van der Waals surface area contributed by atoms with E-state index in [0.29, 0.717) is 13.2 Å². The van der Waals surface area contributed by atoms with Crippen LogP contribution in [0.15, 0.2) is 35.5 Å². The Bertz CT molecular complexity index is 431. The predicted octanol–water partition coefficient (Wildman–Crippen LogP) is 2.61. The highest BCUT2D eigenvalue weighted by Crippen LogP contribution is 2.36. The van der Waals surface area contributed by atoms with Gasteiger partial charge in [-0.3, -0.25) is 4.90 Å². The largest absolute Gasteiger partial charge is 0.468 e. The number of hydrogen-bond donors (Lipinski definition) is 0. The Morgan fingerprint density at radius 1 is 1.55 bits per heavy atom. The van der Waals surface area contributed by atoms with Crippen LogP contribution in [0.5, 0.6) is 0 Å². The molecule has 1 aromatic heterocycles. The summed E-state index contributed by atoms with van der Waals surface area (Å²) in [6.45, 7) is 7.98. The van der Waals surface area contributed by atoms with Crippen LogP contribution in [0.25, 0.3) is 0 Å². The van der Waals surface area contributed by atoms with E-state index in [1.54, 1.807) is 12.3 Å². The van der Waals surface area contributed by atoms with E-state index in [-0.39, 0.29) is 11.7 Å². The Balaban J connectivity index is 1.56. The van der Waals surface area contributed by atoms with Gasteiger partial charge < -0.3 is 13.9 Å². The first-order chi connectivity index (χ1) is 9.80. The van der Waals surface area contributed by atoms with Gasteiger partial charge in [-0.2, -0.15) is 0 Å². The summed E-state index contributed by atoms with van der Waals surface area (Å²) in [4.78, 5) is 2.43. The second-order valence-electron chi connectivity index (χ2n) is 5.84. The molecule has 0 aliphatic carbocycles. The molecule has 4 nitrogen and oxygen atoms in total. The summed E-state index contributed by atoms with van der Waals surface area (Å²) in [5, 5.41) is 0. The van der Waals surface area contributed by atoms with E-state index >= 15 is 0 Å². The van der Waals surface area contributed by atoms with Crippen molar-refractivity contribution in [3.05, 3.63) is 36.8 Å². The molecule has 1 aromatic rings. The molecule has 4 heteroatoms. The van der Waals surface area contributed by atoms with E-state index in [4.69, 9.17) is 13.9 Å². The molecule has 1 spiro atoms. The van der Waals surface area contributed by atoms with Gasteiger partial charge in [-0.15, -0.1) is 6.58 Å². The van der Waals surface area contributed by atoms with E-state index in [1.165, 1.54) is 6.42 Å². The Morgan fingerprint density at radius 3 is 3.30 bits per heavy atom. The van der Waals surface area contributed by atoms with Crippen molar-refractivity contribution in [1.82, 2.24) is 4.90 Å². The van der Waals surface area contributed by atoms with E-state index < -0.39 is 0 Å². The number of piperidine rings is 1. The molecule has 2 aliphatic heterocycles. The number of rotatable bonds is 5. The molecule has 2 fully saturated rings. The van der Waals surface area contributed by atoms with Gasteiger partial charge in [-0.25, -0.2) is 0 Å². The second kappa shape index (κ2) is 6.12. The van der Waals surface area contributed by atoms with Gasteiger partial charge in [0.15, 0.2) is 0 Å². The summed E-state index contributed by atoms with van der Waals surface area (Å²) in [5.74, 6) is 1.03. The number of nitrogens with zero attached hydrogens (tertiary/aromatic N) is 1. The predicted molar refractivity (Wildman–Crippen MR) is 76.5 cm³/mol. The molecule has 0 aromatic carbocycles. The van der Waals surface area contributed by atoms with Crippen molar-refractivity contribution in [1.29, 1.82) is 0 Å². The Labute approximate surface area is 120 Å². The van der Waals surface area contributed by atoms with Gasteiger partial charge in [0.2, 0.25) is 0 Å². The number of ether oxygens (including phenoxy) is 2. The number of furan rings is 1. The first kappa shape index (κ1) is 13.9. The second-order valence-corrected chi connectivity index (χ2v) is 5.84. The Morgan fingerprint density at radius 2 is 2.50 bits per heavy atom. The summed E-state index contributed by atoms with van der Waals surface area (Å²) >= 11 is 0. The topological polar surface area (TPSA) is 34.8 Å². The summed E-state index contributed by atoms with van der Waals surface area (Å²) < 4.78 is 17.3. The zero-order valence-corrected chi connectivity index (χ0v) is 11.9. The highest BCUT2D eigenvalue weighted by molar-refractivity contribution is 5.01. The van der Waals surface area contributed by atoms with Crippen molar-refractivity contribution in [3.63, 3.8) is 0 Å². The van der Waals surface area contributed by atoms with Crippen molar-refractivity contribution < 1.29 is 13.9 Å². The molecule has 3 rings (SSSR count). The minimum absolute atomic E-state index is 0.0172. The van der Waals surface area contributed by atoms with Crippen LogP contribution in [0.1, 0.15) is 25.0 Å². The SMILES string of the molecule is C=CCO[C@H]1CO[C@@]2(CCCN(Cc3ccco3)C2)C1. The molecule has 0 amide bonds. The minimum atomic E-state index is -0.0172. The van der Waals surface area contributed by atoms with Crippen LogP contribution >= 0.6 is 0 Å². The zero-order valence-electron chi connectivity index (χ0n) is 11.9. The maximum absolute atomic E-state index is 6.11. The molecule has 2 saturated heterocycles. The molecule has 2 aliphatic rings. The van der Waals surface area contributed by atoms with Gasteiger partial charge in [0.05, 0.1) is 37.7 Å². The maximum atomic E-state index is 6.11. The lowest BCUT2D eigenvalue weighted by atomic mass is 9.89. The summed E-state index contributed by atoms with van der Waals surface area (Å²) in [5.41, 5.74) is -0.0172. The van der Waals surface area contributed by atoms with Crippen molar-refractivity contribution in [2.24, 2.45) is 0 Å². The summed E-state index contributed by atoms with van der Waals surface area (Å²) in [6.07, 6.45) is 7.06. The first-order valence-corrected chi connectivity index (χ1v) is 7.41. The maximum Gasteiger partial charge on any atom is 0.117 e. The van der Waals surface area contributed by atoms with Crippen molar-refractivity contribution in [2.75, 3.05) is 26.3 Å². The number of likely N-dealkylation sites (tertiary alicyclic amines) is 1. The van der Waals surface area contributed by atoms with Crippen molar-refractivity contribution >= 4 is 0 Å². The number of hydrogen-bond acceptors (Lipinski definition) is 4. The van der Waals surface area contributed by atoms with Gasteiger partial charge in [-0.05, 0) is 31.5 Å². The van der Waals surface area contributed by atoms with Crippen LogP contribution in [0.2, 0.25) is 0 Å². The molecule has 3 heterocycles. The first-order valence-electron chi connectivity index (χ1n) is 7.41. The molecule has 2 atom stereocenters. The monoisotopic (exact) mass is 277 g/mol. The normalized spacial score (nSPS) is 30.9. The van der Waals surface area contributed by atoms with Gasteiger partial charge in [-0.1, -0.05) is 6.08 Å². The van der Waals surface area contributed by atoms with E-state index in [0.717, 1.165) is 38.2 Å². The van der Waals surface area contributed by atoms with Gasteiger partial charge in [0.1, 0.15) is 5.76 Å². The lowest BCUT2D eigenvalue weighted by Gasteiger charge is -2.39. The molecule has 0 unspecified atom stereocenters. The highest BCUT2D eigenvalue weighted by atomic mass is 16.6. The quantitative estimate of drug-likeness (QED) is 0.775. The third-order valence-electron chi connectivity index (χ3n) is 4.20. The third kappa shape index (κ3) is 3.14. The average Bonchev–Trinajstić information content (AvgIpc) is 3.07. The fourth-order valence-corrected chi connectivity index (χ4v) is 3.35. The highest BCUT2D eigenvalue weighted by Gasteiger charge is 2.43. The molecular weight excluding hydrogens is 254 g/mol. The molecule has 0 saturated carbocycles. The van der Waals surface area contributed by atoms with Crippen LogP contribution in [0.4, 0.5) is 0 Å². The van der Waals surface area contributed by atoms with Crippen molar-refractivity contribution in [3.8, 4) is 0 Å². The van der Waals surface area contributed by atoms with Crippen molar-refractivity contribution in [2.45, 2.75) is 37.5 Å². The Kier molecular flexibility index (Phi) is 4.24. The van der Waals surface area contributed by atoms with Crippen LogP contribution in [-0.4, -0.2) is 42.9 Å². The molecule has 20 heavy (non-hydrogen) atoms. The summed E-state index contributed by atoms with van der Waals surface area (Å²) in [6, 6.07) is 3.98. The Hall–Kier alpha value is -1.10. The van der Waals surface area contributed by atoms with E-state index in [9.17, 15) is 0 Å². The molecule has 0 radical (unpaired) electrons. The fraction of sp³-hybridized carbons (Fsp3) is 0.625. The van der Waals surface area contributed by atoms with Crippen LogP contribution in [0, 0.1) is 0 Å². The van der Waals surface area contributed by atoms with Gasteiger partial charge >= 0.3 is 0 Å². The van der Waals surface area contributed by atoms with E-state index in [2.05, 4.69) is 11.5 Å².